The number of anilines is 1. The molecule has 98 valence electrons. The van der Waals surface area contributed by atoms with E-state index in [1.54, 1.807) is 25.3 Å². The zero-order valence-corrected chi connectivity index (χ0v) is 11.4. The van der Waals surface area contributed by atoms with Gasteiger partial charge in [-0.3, -0.25) is 4.79 Å². The lowest BCUT2D eigenvalue weighted by Gasteiger charge is -2.11. The van der Waals surface area contributed by atoms with Crippen LogP contribution in [0.15, 0.2) is 42.5 Å². The van der Waals surface area contributed by atoms with Crippen LogP contribution in [-0.2, 0) is 0 Å². The van der Waals surface area contributed by atoms with Gasteiger partial charge in [-0.15, -0.1) is 0 Å². The van der Waals surface area contributed by atoms with Gasteiger partial charge >= 0.3 is 0 Å². The van der Waals surface area contributed by atoms with Crippen LogP contribution in [-0.4, -0.2) is 13.0 Å². The van der Waals surface area contributed by atoms with E-state index in [-0.39, 0.29) is 5.91 Å². The van der Waals surface area contributed by atoms with Crippen LogP contribution in [0.4, 0.5) is 5.69 Å². The molecular weight excluding hydrogens is 238 g/mol. The molecule has 0 atom stereocenters. The van der Waals surface area contributed by atoms with Gasteiger partial charge in [0.05, 0.1) is 7.11 Å². The number of hydrogen-bond donors (Lipinski definition) is 1. The number of nitrogens with one attached hydrogen (secondary N) is 1. The fraction of sp³-hybridized carbons (Fsp3) is 0.188. The minimum absolute atomic E-state index is 0.128. The van der Waals surface area contributed by atoms with E-state index in [0.717, 1.165) is 16.8 Å². The first kappa shape index (κ1) is 13.1. The van der Waals surface area contributed by atoms with Gasteiger partial charge < -0.3 is 10.1 Å². The summed E-state index contributed by atoms with van der Waals surface area (Å²) >= 11 is 0. The second kappa shape index (κ2) is 5.57. The summed E-state index contributed by atoms with van der Waals surface area (Å²) in [6.07, 6.45) is 0. The van der Waals surface area contributed by atoms with Crippen LogP contribution in [0.25, 0.3) is 0 Å². The molecule has 0 saturated heterocycles. The Labute approximate surface area is 113 Å². The van der Waals surface area contributed by atoms with Gasteiger partial charge in [-0.2, -0.15) is 0 Å². The van der Waals surface area contributed by atoms with Gasteiger partial charge in [0.1, 0.15) is 5.75 Å². The van der Waals surface area contributed by atoms with E-state index in [1.807, 2.05) is 38.1 Å². The number of rotatable bonds is 3. The van der Waals surface area contributed by atoms with E-state index < -0.39 is 0 Å². The fourth-order valence-corrected chi connectivity index (χ4v) is 1.96. The molecule has 0 aromatic heterocycles. The van der Waals surface area contributed by atoms with Gasteiger partial charge in [0.2, 0.25) is 0 Å². The summed E-state index contributed by atoms with van der Waals surface area (Å²) in [6, 6.07) is 13.1. The van der Waals surface area contributed by atoms with Gasteiger partial charge in [0.25, 0.3) is 5.91 Å². The molecule has 1 amide bonds. The molecule has 0 spiro atoms. The molecule has 0 saturated carbocycles. The molecule has 0 aliphatic heterocycles. The monoisotopic (exact) mass is 255 g/mol. The first-order chi connectivity index (χ1) is 9.11. The summed E-state index contributed by atoms with van der Waals surface area (Å²) in [6.45, 7) is 3.96. The van der Waals surface area contributed by atoms with Crippen molar-refractivity contribution < 1.29 is 9.53 Å². The Balaban J connectivity index is 2.25. The number of methoxy groups -OCH3 is 1. The van der Waals surface area contributed by atoms with Crippen molar-refractivity contribution in [2.24, 2.45) is 0 Å². The Morgan fingerprint density at radius 1 is 1.05 bits per heavy atom. The van der Waals surface area contributed by atoms with Crippen molar-refractivity contribution in [2.75, 3.05) is 12.4 Å². The van der Waals surface area contributed by atoms with Crippen LogP contribution in [0.1, 0.15) is 21.5 Å². The molecule has 3 heteroatoms. The number of benzene rings is 2. The van der Waals surface area contributed by atoms with E-state index >= 15 is 0 Å². The van der Waals surface area contributed by atoms with Gasteiger partial charge in [-0.1, -0.05) is 24.3 Å². The molecule has 0 heterocycles. The second-order valence-electron chi connectivity index (χ2n) is 4.45. The molecule has 19 heavy (non-hydrogen) atoms. The van der Waals surface area contributed by atoms with Gasteiger partial charge in [0.15, 0.2) is 0 Å². The maximum absolute atomic E-state index is 12.2. The van der Waals surface area contributed by atoms with Crippen molar-refractivity contribution in [1.29, 1.82) is 0 Å². The lowest BCUT2D eigenvalue weighted by molar-refractivity contribution is 0.102. The van der Waals surface area contributed by atoms with Gasteiger partial charge in [0, 0.05) is 11.3 Å². The van der Waals surface area contributed by atoms with Crippen LogP contribution in [0.3, 0.4) is 0 Å². The van der Waals surface area contributed by atoms with Crippen LogP contribution in [0.5, 0.6) is 5.75 Å². The number of aryl methyl sites for hydroxylation is 2. The lowest BCUT2D eigenvalue weighted by Crippen LogP contribution is -2.13. The molecule has 2 aromatic rings. The maximum atomic E-state index is 12.2. The van der Waals surface area contributed by atoms with Crippen LogP contribution >= 0.6 is 0 Å². The average molecular weight is 255 g/mol. The number of hydrogen-bond acceptors (Lipinski definition) is 2. The molecule has 2 rings (SSSR count). The Bertz CT molecular complexity index is 585. The smallest absolute Gasteiger partial charge is 0.255 e. The van der Waals surface area contributed by atoms with E-state index in [2.05, 4.69) is 5.32 Å². The van der Waals surface area contributed by atoms with Crippen molar-refractivity contribution in [2.45, 2.75) is 13.8 Å². The van der Waals surface area contributed by atoms with Gasteiger partial charge in [-0.05, 0) is 43.2 Å². The zero-order chi connectivity index (χ0) is 13.8. The standard InChI is InChI=1S/C16H17NO2/c1-11-6-4-7-12(2)15(11)17-16(18)13-8-5-9-14(10-13)19-3/h4-10H,1-3H3,(H,17,18). The predicted molar refractivity (Wildman–Crippen MR) is 76.9 cm³/mol. The molecule has 0 aliphatic carbocycles. The molecule has 0 aliphatic rings. The van der Waals surface area contributed by atoms with E-state index in [4.69, 9.17) is 4.74 Å². The Kier molecular flexibility index (Phi) is 3.85. The van der Waals surface area contributed by atoms with Crippen LogP contribution in [0.2, 0.25) is 0 Å². The van der Waals surface area contributed by atoms with Gasteiger partial charge in [-0.25, -0.2) is 0 Å². The highest BCUT2D eigenvalue weighted by atomic mass is 16.5. The van der Waals surface area contributed by atoms with Crippen molar-refractivity contribution in [3.63, 3.8) is 0 Å². The molecule has 3 nitrogen and oxygen atoms in total. The van der Waals surface area contributed by atoms with Crippen molar-refractivity contribution in [3.8, 4) is 5.75 Å². The first-order valence-corrected chi connectivity index (χ1v) is 6.13. The number of para-hydroxylation sites is 1. The van der Waals surface area contributed by atoms with Crippen LogP contribution in [0, 0.1) is 13.8 Å². The third-order valence-corrected chi connectivity index (χ3v) is 3.05. The molecule has 0 radical (unpaired) electrons. The largest absolute Gasteiger partial charge is 0.497 e. The van der Waals surface area contributed by atoms with E-state index in [1.165, 1.54) is 0 Å². The minimum Gasteiger partial charge on any atom is -0.497 e. The SMILES string of the molecule is COc1cccc(C(=O)Nc2c(C)cccc2C)c1. The third kappa shape index (κ3) is 2.94. The number of carbonyl (C=O) groups excluding carboxylic acids is 1. The Morgan fingerprint density at radius 3 is 2.32 bits per heavy atom. The zero-order valence-electron chi connectivity index (χ0n) is 11.4. The minimum atomic E-state index is -0.128. The Morgan fingerprint density at radius 2 is 1.68 bits per heavy atom. The third-order valence-electron chi connectivity index (χ3n) is 3.05. The second-order valence-corrected chi connectivity index (χ2v) is 4.45. The fourth-order valence-electron chi connectivity index (χ4n) is 1.96. The predicted octanol–water partition coefficient (Wildman–Crippen LogP) is 3.56. The number of amides is 1. The summed E-state index contributed by atoms with van der Waals surface area (Å²) in [5, 5.41) is 2.95. The lowest BCUT2D eigenvalue weighted by atomic mass is 10.1. The summed E-state index contributed by atoms with van der Waals surface area (Å²) in [7, 11) is 1.59. The highest BCUT2D eigenvalue weighted by Gasteiger charge is 2.10. The molecular formula is C16H17NO2. The number of ether oxygens (including phenoxy) is 1. The molecule has 0 fully saturated rings. The average Bonchev–Trinajstić information content (AvgIpc) is 2.43. The highest BCUT2D eigenvalue weighted by molar-refractivity contribution is 6.05. The molecule has 0 bridgehead atoms. The topological polar surface area (TPSA) is 38.3 Å². The normalized spacial score (nSPS) is 10.1. The molecule has 2 aromatic carbocycles. The van der Waals surface area contributed by atoms with Crippen molar-refractivity contribution >= 4 is 11.6 Å². The summed E-state index contributed by atoms with van der Waals surface area (Å²) < 4.78 is 5.12. The first-order valence-electron chi connectivity index (χ1n) is 6.13. The van der Waals surface area contributed by atoms with Crippen molar-refractivity contribution in [1.82, 2.24) is 0 Å². The maximum Gasteiger partial charge on any atom is 0.255 e. The van der Waals surface area contributed by atoms with E-state index in [0.29, 0.717) is 11.3 Å². The van der Waals surface area contributed by atoms with Crippen LogP contribution < -0.4 is 10.1 Å². The summed E-state index contributed by atoms with van der Waals surface area (Å²) in [5.74, 6) is 0.547. The quantitative estimate of drug-likeness (QED) is 0.910. The van der Waals surface area contributed by atoms with Crippen molar-refractivity contribution in [3.05, 3.63) is 59.2 Å². The molecule has 1 N–H and O–H groups in total. The Hall–Kier alpha value is -2.29. The molecule has 0 unspecified atom stereocenters. The number of carbonyl (C=O) groups is 1. The van der Waals surface area contributed by atoms with E-state index in [9.17, 15) is 4.79 Å². The summed E-state index contributed by atoms with van der Waals surface area (Å²) in [5.41, 5.74) is 3.56. The highest BCUT2D eigenvalue weighted by Crippen LogP contribution is 2.21. The summed E-state index contributed by atoms with van der Waals surface area (Å²) in [4.78, 5) is 12.2.